The fraction of sp³-hybridized carbons (Fsp3) is 0.500. The average Bonchev–Trinajstić information content (AvgIpc) is 2.75. The van der Waals surface area contributed by atoms with Crippen molar-refractivity contribution in [2.75, 3.05) is 31.1 Å². The predicted octanol–water partition coefficient (Wildman–Crippen LogP) is 2.54. The Morgan fingerprint density at radius 1 is 0.966 bits per heavy atom. The van der Waals surface area contributed by atoms with Crippen LogP contribution in [0.3, 0.4) is 0 Å². The largest absolute Gasteiger partial charge is 0.338 e. The molecule has 0 bridgehead atoms. The first kappa shape index (κ1) is 20.5. The number of nitrogens with zero attached hydrogens (tertiary/aromatic N) is 4. The van der Waals surface area contributed by atoms with Gasteiger partial charge in [0.2, 0.25) is 16.0 Å². The summed E-state index contributed by atoms with van der Waals surface area (Å²) in [7, 11) is -3.57. The summed E-state index contributed by atoms with van der Waals surface area (Å²) >= 11 is 5.90. The maximum absolute atomic E-state index is 12.9. The smallest absolute Gasteiger partial charge is 0.240 e. The third-order valence-corrected chi connectivity index (χ3v) is 7.54. The number of nitrogens with one attached hydrogen (secondary N) is 1. The maximum atomic E-state index is 12.9. The summed E-state index contributed by atoms with van der Waals surface area (Å²) in [6.07, 6.45) is 7.57. The van der Waals surface area contributed by atoms with Crippen molar-refractivity contribution in [1.82, 2.24) is 19.6 Å². The third-order valence-electron chi connectivity index (χ3n) is 5.78. The molecule has 1 saturated heterocycles. The summed E-state index contributed by atoms with van der Waals surface area (Å²) < 4.78 is 28.7. The zero-order chi connectivity index (χ0) is 20.3. The standard InChI is InChI=1S/C20H26ClN5O2S/c21-16-6-8-17(9-7-16)29(27,28)24-18-4-1-2-5-19(18)25-12-14-26(15-13-25)20-22-10-3-11-23-20/h3,6-11,18-19,24H,1-2,4-5,12-15H2/t18-,19+/m1/s1. The molecule has 0 radical (unpaired) electrons. The second-order valence-electron chi connectivity index (χ2n) is 7.61. The first-order chi connectivity index (χ1) is 14.0. The Kier molecular flexibility index (Phi) is 6.34. The van der Waals surface area contributed by atoms with E-state index in [0.29, 0.717) is 5.02 Å². The fourth-order valence-corrected chi connectivity index (χ4v) is 5.70. The molecule has 0 amide bonds. The van der Waals surface area contributed by atoms with E-state index in [0.717, 1.165) is 57.8 Å². The molecule has 4 rings (SSSR count). The second kappa shape index (κ2) is 8.95. The molecule has 2 heterocycles. The molecule has 0 unspecified atom stereocenters. The van der Waals surface area contributed by atoms with Crippen molar-refractivity contribution >= 4 is 27.6 Å². The van der Waals surface area contributed by atoms with Gasteiger partial charge in [0.25, 0.3) is 0 Å². The van der Waals surface area contributed by atoms with Crippen molar-refractivity contribution in [2.45, 2.75) is 42.7 Å². The van der Waals surface area contributed by atoms with Crippen LogP contribution in [0.2, 0.25) is 5.02 Å². The van der Waals surface area contributed by atoms with Gasteiger partial charge in [0.15, 0.2) is 0 Å². The molecule has 29 heavy (non-hydrogen) atoms. The molecule has 156 valence electrons. The molecule has 2 aromatic rings. The van der Waals surface area contributed by atoms with Crippen molar-refractivity contribution in [3.63, 3.8) is 0 Å². The molecule has 1 saturated carbocycles. The van der Waals surface area contributed by atoms with Crippen LogP contribution < -0.4 is 9.62 Å². The Bertz CT molecular complexity index is 902. The van der Waals surface area contributed by atoms with Gasteiger partial charge in [-0.3, -0.25) is 4.90 Å². The van der Waals surface area contributed by atoms with Crippen LogP contribution in [0.1, 0.15) is 25.7 Å². The van der Waals surface area contributed by atoms with E-state index < -0.39 is 10.0 Å². The Hall–Kier alpha value is -1.74. The van der Waals surface area contributed by atoms with Gasteiger partial charge in [-0.25, -0.2) is 23.1 Å². The molecule has 2 atom stereocenters. The highest BCUT2D eigenvalue weighted by Crippen LogP contribution is 2.26. The number of piperazine rings is 1. The van der Waals surface area contributed by atoms with Crippen LogP contribution in [0.5, 0.6) is 0 Å². The first-order valence-electron chi connectivity index (χ1n) is 10.1. The number of hydrogen-bond donors (Lipinski definition) is 1. The Balaban J connectivity index is 1.42. The third kappa shape index (κ3) is 4.88. The van der Waals surface area contributed by atoms with Gasteiger partial charge in [-0.05, 0) is 43.2 Å². The van der Waals surface area contributed by atoms with Crippen molar-refractivity contribution in [1.29, 1.82) is 0 Å². The number of benzene rings is 1. The maximum Gasteiger partial charge on any atom is 0.240 e. The van der Waals surface area contributed by atoms with Crippen molar-refractivity contribution in [3.8, 4) is 0 Å². The van der Waals surface area contributed by atoms with E-state index in [1.54, 1.807) is 36.7 Å². The van der Waals surface area contributed by atoms with E-state index >= 15 is 0 Å². The summed E-state index contributed by atoms with van der Waals surface area (Å²) in [4.78, 5) is 13.5. The van der Waals surface area contributed by atoms with Crippen LogP contribution in [0.15, 0.2) is 47.6 Å². The molecule has 1 aliphatic heterocycles. The van der Waals surface area contributed by atoms with E-state index in [4.69, 9.17) is 11.6 Å². The molecule has 1 aromatic heterocycles. The molecule has 9 heteroatoms. The zero-order valence-electron chi connectivity index (χ0n) is 16.2. The van der Waals surface area contributed by atoms with Crippen molar-refractivity contribution < 1.29 is 8.42 Å². The lowest BCUT2D eigenvalue weighted by molar-refractivity contribution is 0.123. The number of hydrogen-bond acceptors (Lipinski definition) is 6. The average molecular weight is 436 g/mol. The summed E-state index contributed by atoms with van der Waals surface area (Å²) in [5, 5.41) is 0.528. The first-order valence-corrected chi connectivity index (χ1v) is 11.9. The number of halogens is 1. The highest BCUT2D eigenvalue weighted by atomic mass is 35.5. The van der Waals surface area contributed by atoms with Crippen LogP contribution in [-0.2, 0) is 10.0 Å². The number of rotatable bonds is 5. The molecule has 1 aromatic carbocycles. The molecular weight excluding hydrogens is 410 g/mol. The number of anilines is 1. The van der Waals surface area contributed by atoms with Crippen molar-refractivity contribution in [2.24, 2.45) is 0 Å². The van der Waals surface area contributed by atoms with Gasteiger partial charge < -0.3 is 4.90 Å². The molecule has 1 N–H and O–H groups in total. The molecule has 1 aliphatic carbocycles. The highest BCUT2D eigenvalue weighted by Gasteiger charge is 2.35. The van der Waals surface area contributed by atoms with E-state index in [2.05, 4.69) is 24.5 Å². The minimum atomic E-state index is -3.57. The molecule has 0 spiro atoms. The lowest BCUT2D eigenvalue weighted by Gasteiger charge is -2.44. The summed E-state index contributed by atoms with van der Waals surface area (Å²) in [5.41, 5.74) is 0. The molecular formula is C20H26ClN5O2S. The van der Waals surface area contributed by atoms with E-state index in [9.17, 15) is 8.42 Å². The van der Waals surface area contributed by atoms with Crippen molar-refractivity contribution in [3.05, 3.63) is 47.7 Å². The van der Waals surface area contributed by atoms with E-state index in [-0.39, 0.29) is 17.0 Å². The van der Waals surface area contributed by atoms with Gasteiger partial charge in [0.1, 0.15) is 0 Å². The van der Waals surface area contributed by atoms with E-state index in [1.165, 1.54) is 0 Å². The number of aromatic nitrogens is 2. The van der Waals surface area contributed by atoms with Crippen LogP contribution >= 0.6 is 11.6 Å². The number of sulfonamides is 1. The Morgan fingerprint density at radius 3 is 2.31 bits per heavy atom. The second-order valence-corrected chi connectivity index (χ2v) is 9.76. The van der Waals surface area contributed by atoms with Gasteiger partial charge in [-0.2, -0.15) is 0 Å². The van der Waals surface area contributed by atoms with Crippen LogP contribution in [0.25, 0.3) is 0 Å². The van der Waals surface area contributed by atoms with Gasteiger partial charge >= 0.3 is 0 Å². The van der Waals surface area contributed by atoms with Crippen LogP contribution in [-0.4, -0.2) is 61.5 Å². The minimum Gasteiger partial charge on any atom is -0.338 e. The fourth-order valence-electron chi connectivity index (χ4n) is 4.27. The van der Waals surface area contributed by atoms with Gasteiger partial charge in [0, 0.05) is 55.7 Å². The zero-order valence-corrected chi connectivity index (χ0v) is 17.8. The van der Waals surface area contributed by atoms with Crippen LogP contribution in [0.4, 0.5) is 5.95 Å². The molecule has 2 aliphatic rings. The van der Waals surface area contributed by atoms with Gasteiger partial charge in [-0.15, -0.1) is 0 Å². The quantitative estimate of drug-likeness (QED) is 0.777. The van der Waals surface area contributed by atoms with Gasteiger partial charge in [0.05, 0.1) is 4.90 Å². The molecule has 7 nitrogen and oxygen atoms in total. The summed E-state index contributed by atoms with van der Waals surface area (Å²) in [6, 6.07) is 8.29. The Morgan fingerprint density at radius 2 is 1.62 bits per heavy atom. The Labute approximate surface area is 177 Å². The summed E-state index contributed by atoms with van der Waals surface area (Å²) in [5.74, 6) is 0.760. The van der Waals surface area contributed by atoms with Gasteiger partial charge in [-0.1, -0.05) is 24.4 Å². The topological polar surface area (TPSA) is 78.4 Å². The van der Waals surface area contributed by atoms with E-state index in [1.807, 2.05) is 6.07 Å². The summed E-state index contributed by atoms with van der Waals surface area (Å²) in [6.45, 7) is 3.44. The SMILES string of the molecule is O=S(=O)(N[C@@H]1CCCC[C@@H]1N1CCN(c2ncccn2)CC1)c1ccc(Cl)cc1. The monoisotopic (exact) mass is 435 g/mol. The highest BCUT2D eigenvalue weighted by molar-refractivity contribution is 7.89. The lowest BCUT2D eigenvalue weighted by Crippen LogP contribution is -2.58. The molecule has 2 fully saturated rings. The van der Waals surface area contributed by atoms with Crippen LogP contribution in [0, 0.1) is 0 Å². The predicted molar refractivity (Wildman–Crippen MR) is 114 cm³/mol. The minimum absolute atomic E-state index is 0.0797. The normalized spacial score (nSPS) is 23.8. The lowest BCUT2D eigenvalue weighted by atomic mass is 9.89.